The summed E-state index contributed by atoms with van der Waals surface area (Å²) in [5.74, 6) is 0. The summed E-state index contributed by atoms with van der Waals surface area (Å²) in [6.45, 7) is 0. The number of rotatable bonds is 4. The highest BCUT2D eigenvalue weighted by molar-refractivity contribution is 7.92. The smallest absolute Gasteiger partial charge is 0.235 e. The predicted octanol–water partition coefficient (Wildman–Crippen LogP) is 2.16. The number of isocyanates is 1. The molecule has 1 aliphatic rings. The first-order valence-corrected chi connectivity index (χ1v) is 8.02. The first-order chi connectivity index (χ1) is 8.95. The zero-order valence-corrected chi connectivity index (χ0v) is 11.5. The number of carbonyl (C=O) groups excluding carboxylic acids is 1. The molecule has 1 saturated carbocycles. The molecule has 2 rings (SSSR count). The number of hydrogen-bond acceptors (Lipinski definition) is 4. The van der Waals surface area contributed by atoms with Gasteiger partial charge < -0.3 is 0 Å². The van der Waals surface area contributed by atoms with Gasteiger partial charge in [-0.1, -0.05) is 25.0 Å². The van der Waals surface area contributed by atoms with Gasteiger partial charge in [0.1, 0.15) is 0 Å². The van der Waals surface area contributed by atoms with Gasteiger partial charge in [-0.15, -0.1) is 0 Å². The minimum absolute atomic E-state index is 0.493. The Kier molecular flexibility index (Phi) is 3.73. The number of benzene rings is 1. The van der Waals surface area contributed by atoms with Crippen molar-refractivity contribution in [1.29, 1.82) is 0 Å². The van der Waals surface area contributed by atoms with Gasteiger partial charge in [-0.25, -0.2) is 13.2 Å². The van der Waals surface area contributed by atoms with Crippen LogP contribution < -0.4 is 4.72 Å². The quantitative estimate of drug-likeness (QED) is 0.678. The third-order valence-corrected chi connectivity index (χ3v) is 4.00. The van der Waals surface area contributed by atoms with Crippen LogP contribution in [0.25, 0.3) is 0 Å². The first kappa shape index (κ1) is 13.8. The SMILES string of the molecule is CS(=O)(=O)Nc1cccc(C2(N=C=O)CCCC2)c1. The van der Waals surface area contributed by atoms with Crippen molar-refractivity contribution < 1.29 is 13.2 Å². The monoisotopic (exact) mass is 280 g/mol. The second kappa shape index (κ2) is 5.15. The molecule has 0 radical (unpaired) electrons. The molecule has 19 heavy (non-hydrogen) atoms. The Bertz CT molecular complexity index is 613. The lowest BCUT2D eigenvalue weighted by molar-refractivity contribution is 0.456. The average Bonchev–Trinajstić information content (AvgIpc) is 2.77. The third kappa shape index (κ3) is 3.22. The molecular formula is C13H16N2O3S. The highest BCUT2D eigenvalue weighted by Crippen LogP contribution is 2.42. The van der Waals surface area contributed by atoms with E-state index in [0.717, 1.165) is 37.5 Å². The Morgan fingerprint density at radius 3 is 2.58 bits per heavy atom. The topological polar surface area (TPSA) is 75.6 Å². The molecule has 1 aromatic rings. The van der Waals surface area contributed by atoms with Crippen LogP contribution in [0.1, 0.15) is 31.2 Å². The lowest BCUT2D eigenvalue weighted by Crippen LogP contribution is -2.19. The molecule has 1 fully saturated rings. The molecule has 1 N–H and O–H groups in total. The lowest BCUT2D eigenvalue weighted by atomic mass is 9.89. The Labute approximate surface area is 112 Å². The number of aliphatic imine (C=N–C) groups is 1. The number of hydrogen-bond donors (Lipinski definition) is 1. The van der Waals surface area contributed by atoms with E-state index in [4.69, 9.17) is 0 Å². The van der Waals surface area contributed by atoms with Crippen LogP contribution in [0.2, 0.25) is 0 Å². The predicted molar refractivity (Wildman–Crippen MR) is 73.2 cm³/mol. The van der Waals surface area contributed by atoms with Gasteiger partial charge in [0.15, 0.2) is 0 Å². The number of sulfonamides is 1. The van der Waals surface area contributed by atoms with E-state index in [1.807, 2.05) is 6.07 Å². The van der Waals surface area contributed by atoms with Crippen molar-refractivity contribution in [2.45, 2.75) is 31.2 Å². The van der Waals surface area contributed by atoms with Crippen molar-refractivity contribution in [2.75, 3.05) is 11.0 Å². The fourth-order valence-electron chi connectivity index (χ4n) is 2.60. The van der Waals surface area contributed by atoms with Crippen molar-refractivity contribution in [3.63, 3.8) is 0 Å². The van der Waals surface area contributed by atoms with Crippen LogP contribution in [0.3, 0.4) is 0 Å². The van der Waals surface area contributed by atoms with Gasteiger partial charge in [-0.2, -0.15) is 4.99 Å². The fraction of sp³-hybridized carbons (Fsp3) is 0.462. The molecular weight excluding hydrogens is 264 g/mol. The van der Waals surface area contributed by atoms with Crippen molar-refractivity contribution >= 4 is 21.8 Å². The second-order valence-corrected chi connectivity index (χ2v) is 6.65. The summed E-state index contributed by atoms with van der Waals surface area (Å²) < 4.78 is 24.9. The largest absolute Gasteiger partial charge is 0.284 e. The van der Waals surface area contributed by atoms with Crippen LogP contribution in [0, 0.1) is 0 Å². The van der Waals surface area contributed by atoms with Gasteiger partial charge in [-0.3, -0.25) is 4.72 Å². The van der Waals surface area contributed by atoms with Crippen molar-refractivity contribution in [2.24, 2.45) is 4.99 Å². The zero-order valence-electron chi connectivity index (χ0n) is 10.7. The van der Waals surface area contributed by atoms with Crippen molar-refractivity contribution in [3.8, 4) is 0 Å². The standard InChI is InChI=1S/C13H16N2O3S/c1-19(17,18)15-12-6-4-5-11(9-12)13(14-10-16)7-2-3-8-13/h4-6,9,15H,2-3,7-8H2,1H3. The highest BCUT2D eigenvalue weighted by atomic mass is 32.2. The first-order valence-electron chi connectivity index (χ1n) is 6.13. The lowest BCUT2D eigenvalue weighted by Gasteiger charge is -2.23. The van der Waals surface area contributed by atoms with E-state index in [2.05, 4.69) is 9.71 Å². The third-order valence-electron chi connectivity index (χ3n) is 3.39. The van der Waals surface area contributed by atoms with E-state index >= 15 is 0 Å². The van der Waals surface area contributed by atoms with Crippen LogP contribution >= 0.6 is 0 Å². The Morgan fingerprint density at radius 2 is 2.00 bits per heavy atom. The van der Waals surface area contributed by atoms with Gasteiger partial charge in [0.25, 0.3) is 0 Å². The summed E-state index contributed by atoms with van der Waals surface area (Å²) >= 11 is 0. The normalized spacial score (nSPS) is 17.7. The summed E-state index contributed by atoms with van der Waals surface area (Å²) in [6, 6.07) is 7.06. The van der Waals surface area contributed by atoms with E-state index in [1.165, 1.54) is 0 Å². The molecule has 1 aliphatic carbocycles. The zero-order chi connectivity index (χ0) is 13.9. The maximum Gasteiger partial charge on any atom is 0.235 e. The molecule has 0 aromatic heterocycles. The van der Waals surface area contributed by atoms with E-state index in [1.54, 1.807) is 24.3 Å². The molecule has 0 bridgehead atoms. The van der Waals surface area contributed by atoms with Crippen molar-refractivity contribution in [1.82, 2.24) is 0 Å². The summed E-state index contributed by atoms with van der Waals surface area (Å²) in [5, 5.41) is 0. The van der Waals surface area contributed by atoms with Crippen LogP contribution in [0.15, 0.2) is 29.3 Å². The van der Waals surface area contributed by atoms with Crippen molar-refractivity contribution in [3.05, 3.63) is 29.8 Å². The molecule has 102 valence electrons. The summed E-state index contributed by atoms with van der Waals surface area (Å²) in [5.41, 5.74) is 0.825. The molecule has 6 heteroatoms. The molecule has 5 nitrogen and oxygen atoms in total. The van der Waals surface area contributed by atoms with Gasteiger partial charge >= 0.3 is 0 Å². The number of anilines is 1. The van der Waals surface area contributed by atoms with Gasteiger partial charge in [0.2, 0.25) is 16.1 Å². The van der Waals surface area contributed by atoms with Crippen LogP contribution in [0.4, 0.5) is 5.69 Å². The van der Waals surface area contributed by atoms with Gasteiger partial charge in [-0.05, 0) is 30.5 Å². The van der Waals surface area contributed by atoms with Gasteiger partial charge in [0, 0.05) is 5.69 Å². The number of nitrogens with zero attached hydrogens (tertiary/aromatic N) is 1. The maximum absolute atomic E-state index is 11.2. The van der Waals surface area contributed by atoms with Crippen LogP contribution in [0.5, 0.6) is 0 Å². The van der Waals surface area contributed by atoms with Gasteiger partial charge in [0.05, 0.1) is 11.8 Å². The minimum Gasteiger partial charge on any atom is -0.284 e. The number of nitrogens with one attached hydrogen (secondary N) is 1. The molecule has 0 atom stereocenters. The highest BCUT2D eigenvalue weighted by Gasteiger charge is 2.35. The molecule has 1 aromatic carbocycles. The maximum atomic E-state index is 11.2. The summed E-state index contributed by atoms with van der Waals surface area (Å²) in [7, 11) is -3.31. The molecule has 0 heterocycles. The molecule has 0 amide bonds. The fourth-order valence-corrected chi connectivity index (χ4v) is 3.15. The molecule has 0 unspecified atom stereocenters. The van der Waals surface area contributed by atoms with E-state index < -0.39 is 15.6 Å². The summed E-state index contributed by atoms with van der Waals surface area (Å²) in [4.78, 5) is 14.6. The Balaban J connectivity index is 2.39. The molecule has 0 saturated heterocycles. The summed E-state index contributed by atoms with van der Waals surface area (Å²) in [6.07, 6.45) is 6.37. The molecule has 0 spiro atoms. The van der Waals surface area contributed by atoms with E-state index in [-0.39, 0.29) is 0 Å². The van der Waals surface area contributed by atoms with E-state index in [9.17, 15) is 13.2 Å². The van der Waals surface area contributed by atoms with E-state index in [0.29, 0.717) is 5.69 Å². The Hall–Kier alpha value is -1.65. The van der Waals surface area contributed by atoms with Crippen LogP contribution in [-0.4, -0.2) is 20.8 Å². The Morgan fingerprint density at radius 1 is 1.32 bits per heavy atom. The second-order valence-electron chi connectivity index (χ2n) is 4.90. The molecule has 0 aliphatic heterocycles. The minimum atomic E-state index is -3.31. The van der Waals surface area contributed by atoms with Crippen LogP contribution in [-0.2, 0) is 20.4 Å². The average molecular weight is 280 g/mol.